The van der Waals surface area contributed by atoms with E-state index >= 15 is 4.39 Å². The first kappa shape index (κ1) is 54.7. The molecular formula is C63H70F2N12O5. The fourth-order valence-electron chi connectivity index (χ4n) is 12.0. The summed E-state index contributed by atoms with van der Waals surface area (Å²) < 4.78 is 51.0. The molecule has 1 aliphatic carbocycles. The van der Waals surface area contributed by atoms with Crippen molar-refractivity contribution in [1.29, 1.82) is 0 Å². The number of aromatic nitrogens is 8. The van der Waals surface area contributed by atoms with Crippen LogP contribution in [-0.2, 0) is 20.9 Å². The van der Waals surface area contributed by atoms with Crippen LogP contribution in [0.5, 0.6) is 11.8 Å². The molecule has 2 bridgehead atoms. The van der Waals surface area contributed by atoms with Crippen LogP contribution < -0.4 is 25.0 Å². The number of fused-ring (bicyclic) bond motifs is 4. The number of nitrogens with zero attached hydrogens (tertiary/aromatic N) is 9. The van der Waals surface area contributed by atoms with Gasteiger partial charge in [-0.1, -0.05) is 67.6 Å². The highest BCUT2D eigenvalue weighted by Crippen LogP contribution is 2.53. The second-order valence-corrected chi connectivity index (χ2v) is 23.1. The maximum absolute atomic E-state index is 15.9. The Morgan fingerprint density at radius 2 is 1.62 bits per heavy atom. The van der Waals surface area contributed by atoms with Crippen LogP contribution in [0.3, 0.4) is 0 Å². The number of halogens is 2. The summed E-state index contributed by atoms with van der Waals surface area (Å²) in [5.74, 6) is 1.41. The molecule has 8 heterocycles. The number of hydrogen-bond acceptors (Lipinski definition) is 13. The van der Waals surface area contributed by atoms with Gasteiger partial charge in [-0.3, -0.25) is 19.7 Å². The summed E-state index contributed by atoms with van der Waals surface area (Å²) >= 11 is 0. The molecule has 17 nitrogen and oxygen atoms in total. The number of amides is 2. The van der Waals surface area contributed by atoms with Crippen molar-refractivity contribution in [1.82, 2.24) is 55.7 Å². The van der Waals surface area contributed by atoms with E-state index in [9.17, 15) is 14.0 Å². The molecular weight excluding hydrogens is 1040 g/mol. The highest BCUT2D eigenvalue weighted by Gasteiger charge is 2.38. The molecule has 2 amide bonds. The molecule has 8 aromatic rings. The summed E-state index contributed by atoms with van der Waals surface area (Å²) in [7, 11) is 0. The van der Waals surface area contributed by atoms with E-state index in [1.54, 1.807) is 18.5 Å². The monoisotopic (exact) mass is 1110 g/mol. The second kappa shape index (κ2) is 23.5. The summed E-state index contributed by atoms with van der Waals surface area (Å²) in [4.78, 5) is 41.5. The Balaban J connectivity index is 0.000000223. The van der Waals surface area contributed by atoms with Crippen LogP contribution in [0.15, 0.2) is 91.5 Å². The predicted molar refractivity (Wildman–Crippen MR) is 309 cm³/mol. The van der Waals surface area contributed by atoms with E-state index < -0.39 is 0 Å². The van der Waals surface area contributed by atoms with Gasteiger partial charge in [0.25, 0.3) is 0 Å². The number of anilines is 1. The van der Waals surface area contributed by atoms with Crippen molar-refractivity contribution in [2.75, 3.05) is 37.7 Å². The minimum Gasteiger partial charge on any atom is -0.486 e. The summed E-state index contributed by atoms with van der Waals surface area (Å²) in [5.41, 5.74) is 9.58. The second-order valence-electron chi connectivity index (χ2n) is 23.1. The highest BCUT2D eigenvalue weighted by molar-refractivity contribution is 6.06. The lowest BCUT2D eigenvalue weighted by molar-refractivity contribution is -0.131. The molecule has 82 heavy (non-hydrogen) atoms. The molecule has 5 aliphatic rings. The zero-order chi connectivity index (χ0) is 56.6. The third-order valence-corrected chi connectivity index (χ3v) is 17.2. The molecule has 426 valence electrons. The molecule has 4 aromatic carbocycles. The molecule has 5 unspecified atom stereocenters. The average Bonchev–Trinajstić information content (AvgIpc) is 2.41. The Morgan fingerprint density at radius 1 is 0.866 bits per heavy atom. The fourth-order valence-corrected chi connectivity index (χ4v) is 12.0. The number of piperazine rings is 1. The first-order valence-electron chi connectivity index (χ1n) is 29.0. The number of carbonyl (C=O) groups is 2. The van der Waals surface area contributed by atoms with Gasteiger partial charge in [0.05, 0.1) is 49.4 Å². The van der Waals surface area contributed by atoms with Crippen molar-refractivity contribution in [3.05, 3.63) is 125 Å². The van der Waals surface area contributed by atoms with E-state index in [2.05, 4.69) is 92.1 Å². The lowest BCUT2D eigenvalue weighted by Crippen LogP contribution is -2.51. The smallest absolute Gasteiger partial charge is 0.319 e. The quantitative estimate of drug-likeness (QED) is 0.0776. The maximum Gasteiger partial charge on any atom is 0.319 e. The number of aromatic amines is 1. The average molecular weight is 1110 g/mol. The van der Waals surface area contributed by atoms with Crippen LogP contribution in [0.25, 0.3) is 55.3 Å². The SMILES string of the molecule is CC(NC(=O)C1CCCN1C=O)c1ccc(-c2ccncc2F)cc1.Cc1c(F)cc2[nH]ncc2c1-c1c(C2CC2)cc2c(N3CC4CCC(C3)N4)nc(OC3CCOCC3)nc2c1OCc1ccc(-c2cn(C(C)C(C)C)nn2)cc1. The maximum atomic E-state index is 15.9. The number of rotatable bonds is 16. The first-order valence-corrected chi connectivity index (χ1v) is 29.0. The summed E-state index contributed by atoms with van der Waals surface area (Å²) in [5, 5.41) is 24.8. The van der Waals surface area contributed by atoms with E-state index in [0.29, 0.717) is 84.0 Å². The third-order valence-electron chi connectivity index (χ3n) is 17.2. The Bertz CT molecular complexity index is 3590. The molecule has 3 N–H and O–H groups in total. The van der Waals surface area contributed by atoms with Crippen molar-refractivity contribution < 1.29 is 32.6 Å². The van der Waals surface area contributed by atoms with Crippen LogP contribution >= 0.6 is 0 Å². The summed E-state index contributed by atoms with van der Waals surface area (Å²) in [6.45, 7) is 14.1. The number of H-pyrrole nitrogens is 1. The lowest BCUT2D eigenvalue weighted by atomic mass is 9.88. The van der Waals surface area contributed by atoms with Gasteiger partial charge in [-0.25, -0.2) is 13.5 Å². The van der Waals surface area contributed by atoms with Crippen molar-refractivity contribution >= 4 is 39.9 Å². The number of likely N-dealkylation sites (tertiary alicyclic amines) is 1. The molecule has 4 aromatic heterocycles. The molecule has 4 saturated heterocycles. The standard InChI is InChI=1S/C44H50FN9O3.C19H20FN3O2/c1-24(2)26(4)54-22-38(51-52-54)29-7-5-27(6-8-29)23-56-42-40(39-25(3)36(45)18-37-35(39)19-46-50-37)33(28-9-10-28)17-34-41(42)48-44(57-32-13-15-55-16-14-32)49-43(34)53-20-30-11-12-31(21-53)47-30;1-13(22-19(25)18-3-2-10-23(18)12-24)14-4-6-15(7-5-14)16-8-9-21-11-17(16)20/h5-8,17-19,22,24,26,28,30-32,47H,9-16,20-21,23H2,1-4H3,(H,46,50);4-9,11-13,18H,2-3,10H2,1H3,(H,22,25). The van der Waals surface area contributed by atoms with Crippen molar-refractivity contribution in [2.45, 2.75) is 135 Å². The number of hydrogen-bond donors (Lipinski definition) is 3. The van der Waals surface area contributed by atoms with Crippen LogP contribution in [0.2, 0.25) is 0 Å². The Morgan fingerprint density at radius 3 is 2.34 bits per heavy atom. The van der Waals surface area contributed by atoms with Gasteiger partial charge < -0.3 is 34.6 Å². The Kier molecular flexibility index (Phi) is 15.7. The summed E-state index contributed by atoms with van der Waals surface area (Å²) in [6.07, 6.45) is 14.7. The van der Waals surface area contributed by atoms with Gasteiger partial charge in [0.15, 0.2) is 5.75 Å². The van der Waals surface area contributed by atoms with E-state index in [1.807, 2.05) is 49.0 Å². The zero-order valence-corrected chi connectivity index (χ0v) is 47.1. The lowest BCUT2D eigenvalue weighted by Gasteiger charge is -2.35. The normalized spacial score (nSPS) is 19.8. The third kappa shape index (κ3) is 11.4. The van der Waals surface area contributed by atoms with Gasteiger partial charge in [0, 0.05) is 83.8 Å². The topological polar surface area (TPSA) is 190 Å². The van der Waals surface area contributed by atoms with Gasteiger partial charge in [0.2, 0.25) is 12.3 Å². The minimum atomic E-state index is -0.384. The van der Waals surface area contributed by atoms with E-state index in [-0.39, 0.29) is 48.4 Å². The largest absolute Gasteiger partial charge is 0.486 e. The van der Waals surface area contributed by atoms with Crippen LogP contribution in [0.1, 0.15) is 119 Å². The molecule has 0 spiro atoms. The van der Waals surface area contributed by atoms with E-state index in [4.69, 9.17) is 24.2 Å². The van der Waals surface area contributed by atoms with Crippen LogP contribution in [0.4, 0.5) is 14.6 Å². The fraction of sp³-hybridized carbons (Fsp3) is 0.429. The Hall–Kier alpha value is -7.90. The molecule has 13 rings (SSSR count). The number of carbonyl (C=O) groups excluding carboxylic acids is 2. The van der Waals surface area contributed by atoms with Crippen molar-refractivity contribution in [2.24, 2.45) is 5.92 Å². The minimum absolute atomic E-state index is 0.0532. The zero-order valence-electron chi connectivity index (χ0n) is 47.1. The van der Waals surface area contributed by atoms with Crippen molar-refractivity contribution in [3.8, 4) is 45.3 Å². The van der Waals surface area contributed by atoms with Crippen LogP contribution in [-0.4, -0.2) is 114 Å². The molecule has 4 aliphatic heterocycles. The number of nitrogens with one attached hydrogen (secondary N) is 3. The van der Waals surface area contributed by atoms with Gasteiger partial charge in [0.1, 0.15) is 47.4 Å². The highest BCUT2D eigenvalue weighted by atomic mass is 19.1. The number of ether oxygens (including phenoxy) is 3. The van der Waals surface area contributed by atoms with E-state index in [0.717, 1.165) is 126 Å². The van der Waals surface area contributed by atoms with Gasteiger partial charge in [-0.15, -0.1) is 5.10 Å². The van der Waals surface area contributed by atoms with Crippen LogP contribution in [0, 0.1) is 24.5 Å². The van der Waals surface area contributed by atoms with Gasteiger partial charge in [-0.2, -0.15) is 15.1 Å². The molecule has 5 atom stereocenters. The molecule has 1 saturated carbocycles. The summed E-state index contributed by atoms with van der Waals surface area (Å²) in [6, 6.07) is 21.9. The van der Waals surface area contributed by atoms with Crippen molar-refractivity contribution in [3.63, 3.8) is 0 Å². The Labute approximate surface area is 475 Å². The molecule has 19 heteroatoms. The van der Waals surface area contributed by atoms with E-state index in [1.165, 1.54) is 17.2 Å². The molecule has 5 fully saturated rings. The predicted octanol–water partition coefficient (Wildman–Crippen LogP) is 10.7. The molecule has 0 radical (unpaired) electrons. The van der Waals surface area contributed by atoms with Gasteiger partial charge >= 0.3 is 6.01 Å². The first-order chi connectivity index (χ1) is 39.9. The number of pyridine rings is 1. The number of benzene rings is 4. The van der Waals surface area contributed by atoms with Gasteiger partial charge in [-0.05, 0) is 117 Å².